The van der Waals surface area contributed by atoms with Crippen LogP contribution in [0.4, 0.5) is 51.2 Å². The standard InChI is InChI=1S/C36H30N6/c37-31-34(40-28-16-13-22-7-1-4-10-25(22)19-28)32(38)36(42-30-18-15-24-9-3-6-12-27(24)21-30)33(39)35(31)41-29-17-14-23-8-2-5-11-26(23)20-29/h1-21,40-42H,37-39H2. The van der Waals surface area contributed by atoms with Gasteiger partial charge in [0, 0.05) is 17.1 Å². The van der Waals surface area contributed by atoms with Crippen molar-refractivity contribution in [2.75, 3.05) is 33.2 Å². The van der Waals surface area contributed by atoms with Gasteiger partial charge in [-0.1, -0.05) is 91.0 Å². The van der Waals surface area contributed by atoms with Crippen molar-refractivity contribution < 1.29 is 0 Å². The van der Waals surface area contributed by atoms with Gasteiger partial charge in [0.15, 0.2) is 0 Å². The highest BCUT2D eigenvalue weighted by Gasteiger charge is 2.21. The first kappa shape index (κ1) is 25.1. The van der Waals surface area contributed by atoms with E-state index in [-0.39, 0.29) is 0 Å². The molecule has 0 spiro atoms. The van der Waals surface area contributed by atoms with Crippen LogP contribution < -0.4 is 33.2 Å². The number of nitrogen functional groups attached to an aromatic ring is 3. The normalized spacial score (nSPS) is 11.1. The first-order valence-corrected chi connectivity index (χ1v) is 13.8. The zero-order valence-corrected chi connectivity index (χ0v) is 22.9. The van der Waals surface area contributed by atoms with Crippen LogP contribution in [0.2, 0.25) is 0 Å². The molecule has 0 aliphatic rings. The fraction of sp³-hybridized carbons (Fsp3) is 0. The largest absolute Gasteiger partial charge is 0.395 e. The minimum Gasteiger partial charge on any atom is -0.395 e. The maximum atomic E-state index is 6.83. The maximum absolute atomic E-state index is 6.83. The van der Waals surface area contributed by atoms with Crippen molar-refractivity contribution in [1.82, 2.24) is 0 Å². The van der Waals surface area contributed by atoms with E-state index in [2.05, 4.69) is 88.7 Å². The zero-order chi connectivity index (χ0) is 28.6. The molecule has 204 valence electrons. The Morgan fingerprint density at radius 1 is 0.310 bits per heavy atom. The van der Waals surface area contributed by atoms with Gasteiger partial charge in [-0.15, -0.1) is 0 Å². The molecule has 0 saturated carbocycles. The first-order valence-electron chi connectivity index (χ1n) is 13.8. The summed E-state index contributed by atoms with van der Waals surface area (Å²) in [5.74, 6) is 0. The highest BCUT2D eigenvalue weighted by atomic mass is 15.0. The summed E-state index contributed by atoms with van der Waals surface area (Å²) in [5, 5.41) is 17.2. The van der Waals surface area contributed by atoms with Crippen LogP contribution in [0, 0.1) is 0 Å². The van der Waals surface area contributed by atoms with Crippen molar-refractivity contribution in [3.05, 3.63) is 127 Å². The van der Waals surface area contributed by atoms with E-state index in [4.69, 9.17) is 17.2 Å². The molecule has 9 N–H and O–H groups in total. The topological polar surface area (TPSA) is 114 Å². The lowest BCUT2D eigenvalue weighted by Gasteiger charge is -2.24. The molecule has 0 heterocycles. The molecule has 42 heavy (non-hydrogen) atoms. The van der Waals surface area contributed by atoms with Gasteiger partial charge >= 0.3 is 0 Å². The summed E-state index contributed by atoms with van der Waals surface area (Å²) in [4.78, 5) is 0. The number of nitrogens with two attached hydrogens (primary N) is 3. The van der Waals surface area contributed by atoms with E-state index in [1.54, 1.807) is 0 Å². The van der Waals surface area contributed by atoms with Crippen molar-refractivity contribution in [2.24, 2.45) is 0 Å². The highest BCUT2D eigenvalue weighted by molar-refractivity contribution is 6.09. The summed E-state index contributed by atoms with van der Waals surface area (Å²) in [6.07, 6.45) is 0. The van der Waals surface area contributed by atoms with Gasteiger partial charge in [0.2, 0.25) is 0 Å². The van der Waals surface area contributed by atoms with Crippen LogP contribution in [0.1, 0.15) is 0 Å². The lowest BCUT2D eigenvalue weighted by molar-refractivity contribution is 1.49. The molecule has 0 fully saturated rings. The Labute approximate surface area is 243 Å². The molecule has 6 nitrogen and oxygen atoms in total. The summed E-state index contributed by atoms with van der Waals surface area (Å²) in [6.45, 7) is 0. The minimum absolute atomic E-state index is 0.426. The van der Waals surface area contributed by atoms with E-state index in [9.17, 15) is 0 Å². The van der Waals surface area contributed by atoms with E-state index >= 15 is 0 Å². The van der Waals surface area contributed by atoms with Gasteiger partial charge in [-0.3, -0.25) is 0 Å². The van der Waals surface area contributed by atoms with Gasteiger partial charge in [-0.25, -0.2) is 0 Å². The van der Waals surface area contributed by atoms with Gasteiger partial charge < -0.3 is 33.2 Å². The number of anilines is 9. The molecule has 0 aliphatic heterocycles. The second-order valence-electron chi connectivity index (χ2n) is 10.4. The fourth-order valence-electron chi connectivity index (χ4n) is 5.45. The monoisotopic (exact) mass is 546 g/mol. The molecule has 6 heteroatoms. The molecule has 0 radical (unpaired) electrons. The summed E-state index contributed by atoms with van der Waals surface area (Å²) in [5.41, 5.74) is 26.1. The molecule has 0 bridgehead atoms. The molecule has 0 saturated heterocycles. The third-order valence-corrected chi connectivity index (χ3v) is 7.67. The lowest BCUT2D eigenvalue weighted by Crippen LogP contribution is -2.11. The highest BCUT2D eigenvalue weighted by Crippen LogP contribution is 2.48. The van der Waals surface area contributed by atoms with Crippen molar-refractivity contribution in [3.8, 4) is 0 Å². The van der Waals surface area contributed by atoms with E-state index in [0.717, 1.165) is 49.4 Å². The SMILES string of the molecule is Nc1c(Nc2ccc3ccccc3c2)c(N)c(Nc2ccc3ccccc3c2)c(N)c1Nc1ccc2ccccc2c1. The minimum atomic E-state index is 0.426. The van der Waals surface area contributed by atoms with E-state index in [1.807, 2.05) is 54.6 Å². The number of hydrogen-bond acceptors (Lipinski definition) is 6. The second-order valence-corrected chi connectivity index (χ2v) is 10.4. The van der Waals surface area contributed by atoms with Crippen molar-refractivity contribution >= 4 is 83.5 Å². The third-order valence-electron chi connectivity index (χ3n) is 7.67. The Bertz CT molecular complexity index is 1860. The Balaban J connectivity index is 1.35. The lowest BCUT2D eigenvalue weighted by atomic mass is 10.1. The van der Waals surface area contributed by atoms with Crippen molar-refractivity contribution in [2.45, 2.75) is 0 Å². The smallest absolute Gasteiger partial charge is 0.0896 e. The van der Waals surface area contributed by atoms with Gasteiger partial charge in [0.1, 0.15) is 0 Å². The first-order chi connectivity index (χ1) is 20.5. The predicted octanol–water partition coefficient (Wildman–Crippen LogP) is 9.12. The predicted molar refractivity (Wildman–Crippen MR) is 181 cm³/mol. The number of nitrogens with one attached hydrogen (secondary N) is 3. The average molecular weight is 547 g/mol. The number of rotatable bonds is 6. The van der Waals surface area contributed by atoms with Crippen LogP contribution >= 0.6 is 0 Å². The van der Waals surface area contributed by atoms with E-state index in [1.165, 1.54) is 0 Å². The fourth-order valence-corrected chi connectivity index (χ4v) is 5.45. The molecule has 7 aromatic carbocycles. The number of fused-ring (bicyclic) bond motifs is 3. The zero-order valence-electron chi connectivity index (χ0n) is 22.9. The third kappa shape index (κ3) is 4.61. The number of hydrogen-bond donors (Lipinski definition) is 6. The van der Waals surface area contributed by atoms with Crippen molar-refractivity contribution in [3.63, 3.8) is 0 Å². The Morgan fingerprint density at radius 2 is 0.571 bits per heavy atom. The van der Waals surface area contributed by atoms with E-state index in [0.29, 0.717) is 34.1 Å². The summed E-state index contributed by atoms with van der Waals surface area (Å²) < 4.78 is 0. The average Bonchev–Trinajstić information content (AvgIpc) is 3.03. The molecule has 0 unspecified atom stereocenters. The van der Waals surface area contributed by atoms with Crippen LogP contribution in [0.3, 0.4) is 0 Å². The summed E-state index contributed by atoms with van der Waals surface area (Å²) in [6, 6.07) is 43.2. The molecule has 7 rings (SSSR count). The molecular weight excluding hydrogens is 516 g/mol. The number of benzene rings is 7. The van der Waals surface area contributed by atoms with Crippen molar-refractivity contribution in [1.29, 1.82) is 0 Å². The maximum Gasteiger partial charge on any atom is 0.0896 e. The van der Waals surface area contributed by atoms with Gasteiger partial charge in [-0.2, -0.15) is 0 Å². The Hall–Kier alpha value is -5.88. The molecular formula is C36H30N6. The van der Waals surface area contributed by atoms with Crippen LogP contribution in [-0.4, -0.2) is 0 Å². The second kappa shape index (κ2) is 10.3. The van der Waals surface area contributed by atoms with Gasteiger partial charge in [0.05, 0.1) is 34.1 Å². The molecule has 0 amide bonds. The summed E-state index contributed by atoms with van der Waals surface area (Å²) in [7, 11) is 0. The Kier molecular flexibility index (Phi) is 6.14. The molecule has 0 aromatic heterocycles. The van der Waals surface area contributed by atoms with Gasteiger partial charge in [-0.05, 0) is 68.7 Å². The van der Waals surface area contributed by atoms with Crippen LogP contribution in [0.5, 0.6) is 0 Å². The molecule has 7 aromatic rings. The van der Waals surface area contributed by atoms with Crippen LogP contribution in [-0.2, 0) is 0 Å². The molecule has 0 atom stereocenters. The Morgan fingerprint density at radius 3 is 0.857 bits per heavy atom. The quantitative estimate of drug-likeness (QED) is 0.116. The van der Waals surface area contributed by atoms with E-state index < -0.39 is 0 Å². The summed E-state index contributed by atoms with van der Waals surface area (Å²) >= 11 is 0. The van der Waals surface area contributed by atoms with Crippen LogP contribution in [0.25, 0.3) is 32.3 Å². The van der Waals surface area contributed by atoms with Crippen LogP contribution in [0.15, 0.2) is 127 Å². The molecule has 0 aliphatic carbocycles. The van der Waals surface area contributed by atoms with Gasteiger partial charge in [0.25, 0.3) is 0 Å².